The summed E-state index contributed by atoms with van der Waals surface area (Å²) in [5.41, 5.74) is 1.16. The quantitative estimate of drug-likeness (QED) is 0.684. The Morgan fingerprint density at radius 1 is 1.17 bits per heavy atom. The molecule has 3 aliphatic rings. The van der Waals surface area contributed by atoms with Crippen molar-refractivity contribution in [1.82, 2.24) is 0 Å². The third-order valence-corrected chi connectivity index (χ3v) is 5.34. The summed E-state index contributed by atoms with van der Waals surface area (Å²) in [6.07, 6.45) is 6.32. The number of fused-ring (bicyclic) bond motifs is 5. The topological polar surface area (TPSA) is 66.5 Å². The van der Waals surface area contributed by atoms with Gasteiger partial charge in [0.2, 0.25) is 17.7 Å². The van der Waals surface area contributed by atoms with Crippen LogP contribution in [0.3, 0.4) is 0 Å². The van der Waals surface area contributed by atoms with Gasteiger partial charge in [0, 0.05) is 12.1 Å². The smallest absolute Gasteiger partial charge is 0.238 e. The van der Waals surface area contributed by atoms with Crippen molar-refractivity contribution in [3.8, 4) is 0 Å². The monoisotopic (exact) mass is 324 g/mol. The largest absolute Gasteiger partial charge is 0.326 e. The molecular weight excluding hydrogens is 304 g/mol. The van der Waals surface area contributed by atoms with Crippen LogP contribution < -0.4 is 10.2 Å². The van der Waals surface area contributed by atoms with Gasteiger partial charge in [-0.15, -0.1) is 0 Å². The van der Waals surface area contributed by atoms with Crippen LogP contribution in [-0.2, 0) is 14.4 Å². The predicted octanol–water partition coefficient (Wildman–Crippen LogP) is 2.74. The number of rotatable bonds is 4. The maximum atomic E-state index is 12.8. The van der Waals surface area contributed by atoms with Gasteiger partial charge in [-0.1, -0.05) is 25.1 Å². The number of nitrogens with one attached hydrogen (secondary N) is 1. The van der Waals surface area contributed by atoms with Crippen molar-refractivity contribution in [3.05, 3.63) is 36.4 Å². The van der Waals surface area contributed by atoms with E-state index in [0.29, 0.717) is 17.8 Å². The summed E-state index contributed by atoms with van der Waals surface area (Å²) in [7, 11) is 0. The molecule has 24 heavy (non-hydrogen) atoms. The molecule has 1 saturated heterocycles. The summed E-state index contributed by atoms with van der Waals surface area (Å²) in [6, 6.07) is 6.99. The Hall–Kier alpha value is -2.43. The van der Waals surface area contributed by atoms with E-state index in [1.807, 2.05) is 6.92 Å². The average Bonchev–Trinajstić information content (AvgIpc) is 3.22. The second-order valence-electron chi connectivity index (χ2n) is 6.86. The molecule has 2 aliphatic carbocycles. The number of nitrogens with zero attached hydrogens (tertiary/aromatic N) is 1. The Labute approximate surface area is 140 Å². The van der Waals surface area contributed by atoms with Gasteiger partial charge in [-0.25, -0.2) is 4.90 Å². The van der Waals surface area contributed by atoms with Gasteiger partial charge in [-0.2, -0.15) is 0 Å². The molecular formula is C19H20N2O3. The highest BCUT2D eigenvalue weighted by atomic mass is 16.2. The molecule has 2 fully saturated rings. The van der Waals surface area contributed by atoms with E-state index in [1.54, 1.807) is 24.3 Å². The third kappa shape index (κ3) is 2.19. The average molecular weight is 324 g/mol. The maximum Gasteiger partial charge on any atom is 0.238 e. The lowest BCUT2D eigenvalue weighted by atomic mass is 9.85. The van der Waals surface area contributed by atoms with Crippen LogP contribution in [0.1, 0.15) is 26.2 Å². The molecule has 5 heteroatoms. The Balaban J connectivity index is 1.60. The van der Waals surface area contributed by atoms with Crippen molar-refractivity contribution in [1.29, 1.82) is 0 Å². The zero-order valence-corrected chi connectivity index (χ0v) is 13.6. The molecule has 1 aromatic rings. The van der Waals surface area contributed by atoms with Crippen LogP contribution in [0, 0.1) is 23.7 Å². The Morgan fingerprint density at radius 2 is 1.83 bits per heavy atom. The number of hydrogen-bond acceptors (Lipinski definition) is 3. The van der Waals surface area contributed by atoms with Gasteiger partial charge in [0.25, 0.3) is 0 Å². The number of hydrogen-bond donors (Lipinski definition) is 1. The van der Waals surface area contributed by atoms with Gasteiger partial charge in [0.15, 0.2) is 0 Å². The highest BCUT2D eigenvalue weighted by Crippen LogP contribution is 2.53. The van der Waals surface area contributed by atoms with Gasteiger partial charge in [0.05, 0.1) is 17.5 Å². The van der Waals surface area contributed by atoms with Crippen molar-refractivity contribution in [2.24, 2.45) is 23.7 Å². The van der Waals surface area contributed by atoms with E-state index >= 15 is 0 Å². The fourth-order valence-electron chi connectivity index (χ4n) is 4.33. The number of amides is 3. The molecule has 3 amide bonds. The number of benzene rings is 1. The summed E-state index contributed by atoms with van der Waals surface area (Å²) in [6.45, 7) is 1.94. The lowest BCUT2D eigenvalue weighted by Crippen LogP contribution is -2.32. The van der Waals surface area contributed by atoms with Gasteiger partial charge in [-0.3, -0.25) is 14.4 Å². The molecule has 4 rings (SSSR count). The second-order valence-corrected chi connectivity index (χ2v) is 6.86. The molecule has 1 aromatic carbocycles. The normalized spacial score (nSPS) is 30.1. The van der Waals surface area contributed by atoms with Crippen LogP contribution in [0.4, 0.5) is 11.4 Å². The van der Waals surface area contributed by atoms with E-state index in [0.717, 1.165) is 12.8 Å². The van der Waals surface area contributed by atoms with Gasteiger partial charge in [-0.05, 0) is 42.9 Å². The molecule has 0 unspecified atom stereocenters. The first-order chi connectivity index (χ1) is 11.6. The number of imide groups is 1. The first-order valence-corrected chi connectivity index (χ1v) is 8.56. The highest BCUT2D eigenvalue weighted by Gasteiger charge is 2.59. The minimum atomic E-state index is -0.203. The molecule has 1 N–H and O–H groups in total. The number of carbonyl (C=O) groups excluding carboxylic acids is 3. The van der Waals surface area contributed by atoms with Crippen LogP contribution in [0.2, 0.25) is 0 Å². The van der Waals surface area contributed by atoms with Crippen molar-refractivity contribution in [2.75, 3.05) is 10.2 Å². The summed E-state index contributed by atoms with van der Waals surface area (Å²) in [4.78, 5) is 38.7. The summed E-state index contributed by atoms with van der Waals surface area (Å²) in [5.74, 6) is -0.259. The van der Waals surface area contributed by atoms with Crippen molar-refractivity contribution in [3.63, 3.8) is 0 Å². The molecule has 0 radical (unpaired) electrons. The zero-order chi connectivity index (χ0) is 16.8. The molecule has 4 atom stereocenters. The van der Waals surface area contributed by atoms with E-state index in [2.05, 4.69) is 17.5 Å². The molecule has 124 valence electrons. The summed E-state index contributed by atoms with van der Waals surface area (Å²) < 4.78 is 0. The van der Waals surface area contributed by atoms with E-state index in [4.69, 9.17) is 0 Å². The standard InChI is InChI=1S/C19H20N2O3/c1-2-4-15(22)20-13-5-3-6-14(10-13)21-18(23)16-11-7-8-12(9-11)17(16)19(21)24/h3,5-8,10-12,16-17H,2,4,9H2,1H3,(H,20,22)/t11-,12-,16-,17+/m0/s1. The number of carbonyl (C=O) groups is 3. The van der Waals surface area contributed by atoms with Gasteiger partial charge in [0.1, 0.15) is 0 Å². The first-order valence-electron chi connectivity index (χ1n) is 8.56. The fourth-order valence-corrected chi connectivity index (χ4v) is 4.33. The lowest BCUT2D eigenvalue weighted by molar-refractivity contribution is -0.123. The molecule has 0 spiro atoms. The van der Waals surface area contributed by atoms with Crippen molar-refractivity contribution < 1.29 is 14.4 Å². The minimum Gasteiger partial charge on any atom is -0.326 e. The molecule has 0 aromatic heterocycles. The number of allylic oxidation sites excluding steroid dienone is 2. The SMILES string of the molecule is CCCC(=O)Nc1cccc(N2C(=O)[C@@H]3[C@H](C2=O)[C@H]2C=C[C@H]3C2)c1. The van der Waals surface area contributed by atoms with Crippen LogP contribution in [0.5, 0.6) is 0 Å². The minimum absolute atomic E-state index is 0.0622. The summed E-state index contributed by atoms with van der Waals surface area (Å²) >= 11 is 0. The Kier molecular flexibility index (Phi) is 3.52. The molecule has 1 saturated carbocycles. The molecule has 1 aliphatic heterocycles. The van der Waals surface area contributed by atoms with Gasteiger partial charge >= 0.3 is 0 Å². The number of anilines is 2. The Bertz CT molecular complexity index is 725. The van der Waals surface area contributed by atoms with E-state index in [9.17, 15) is 14.4 Å². The van der Waals surface area contributed by atoms with Crippen molar-refractivity contribution >= 4 is 29.1 Å². The summed E-state index contributed by atoms with van der Waals surface area (Å²) in [5, 5.41) is 2.82. The predicted molar refractivity (Wildman–Crippen MR) is 90.2 cm³/mol. The highest BCUT2D eigenvalue weighted by molar-refractivity contribution is 6.23. The van der Waals surface area contributed by atoms with E-state index < -0.39 is 0 Å². The second kappa shape index (κ2) is 5.58. The van der Waals surface area contributed by atoms with Crippen molar-refractivity contribution in [2.45, 2.75) is 26.2 Å². The van der Waals surface area contributed by atoms with E-state index in [1.165, 1.54) is 4.90 Å². The molecule has 1 heterocycles. The van der Waals surface area contributed by atoms with Gasteiger partial charge < -0.3 is 5.32 Å². The van der Waals surface area contributed by atoms with Crippen LogP contribution in [0.15, 0.2) is 36.4 Å². The zero-order valence-electron chi connectivity index (χ0n) is 13.6. The third-order valence-electron chi connectivity index (χ3n) is 5.34. The fraction of sp³-hybridized carbons (Fsp3) is 0.421. The first kappa shape index (κ1) is 15.1. The maximum absolute atomic E-state index is 12.8. The van der Waals surface area contributed by atoms with E-state index in [-0.39, 0.29) is 41.4 Å². The van der Waals surface area contributed by atoms with Crippen LogP contribution in [-0.4, -0.2) is 17.7 Å². The Morgan fingerprint density at radius 3 is 2.46 bits per heavy atom. The van der Waals surface area contributed by atoms with Crippen LogP contribution in [0.25, 0.3) is 0 Å². The van der Waals surface area contributed by atoms with Crippen LogP contribution >= 0.6 is 0 Å². The molecule has 2 bridgehead atoms. The lowest BCUT2D eigenvalue weighted by Gasteiger charge is -2.18. The molecule has 5 nitrogen and oxygen atoms in total.